The van der Waals surface area contributed by atoms with Crippen molar-refractivity contribution in [3.8, 4) is 0 Å². The Morgan fingerprint density at radius 3 is 2.84 bits per heavy atom. The summed E-state index contributed by atoms with van der Waals surface area (Å²) in [5.74, 6) is -0.843. The van der Waals surface area contributed by atoms with Crippen LogP contribution in [0.1, 0.15) is 18.9 Å². The summed E-state index contributed by atoms with van der Waals surface area (Å²) in [4.78, 5) is 11.0. The minimum atomic E-state index is -0.843. The third-order valence-corrected chi connectivity index (χ3v) is 2.67. The molecule has 1 atom stereocenters. The molecule has 1 rings (SSSR count). The van der Waals surface area contributed by atoms with Crippen LogP contribution in [0.4, 0.5) is 5.69 Å². The number of ether oxygens (including phenoxy) is 2. The Bertz CT molecular complexity index is 395. The number of hydrogen-bond acceptors (Lipinski definition) is 4. The van der Waals surface area contributed by atoms with Crippen molar-refractivity contribution in [3.05, 3.63) is 29.8 Å². The van der Waals surface area contributed by atoms with Gasteiger partial charge in [-0.2, -0.15) is 0 Å². The van der Waals surface area contributed by atoms with E-state index in [1.54, 1.807) is 7.11 Å². The van der Waals surface area contributed by atoms with Crippen LogP contribution in [0.5, 0.6) is 0 Å². The Morgan fingerprint density at radius 1 is 1.42 bits per heavy atom. The van der Waals surface area contributed by atoms with Crippen molar-refractivity contribution < 1.29 is 19.4 Å². The number of rotatable bonds is 9. The highest BCUT2D eigenvalue weighted by Crippen LogP contribution is 2.13. The number of hydrogen-bond donors (Lipinski definition) is 2. The number of anilines is 1. The Kier molecular flexibility index (Phi) is 6.92. The molecule has 0 aromatic heterocycles. The number of methoxy groups -OCH3 is 1. The molecule has 0 fully saturated rings. The van der Waals surface area contributed by atoms with Crippen LogP contribution in [0.3, 0.4) is 0 Å². The van der Waals surface area contributed by atoms with Crippen molar-refractivity contribution in [2.45, 2.75) is 26.0 Å². The third-order valence-electron chi connectivity index (χ3n) is 2.67. The van der Waals surface area contributed by atoms with E-state index in [0.29, 0.717) is 26.2 Å². The predicted octanol–water partition coefficient (Wildman–Crippen LogP) is 2.12. The van der Waals surface area contributed by atoms with E-state index in [1.807, 2.05) is 31.2 Å². The molecular weight excluding hydrogens is 246 g/mol. The average molecular weight is 267 g/mol. The number of aliphatic carboxylic acids is 1. The first kappa shape index (κ1) is 15.5. The molecule has 0 aliphatic rings. The highest BCUT2D eigenvalue weighted by atomic mass is 16.5. The molecule has 5 nitrogen and oxygen atoms in total. The van der Waals surface area contributed by atoms with Gasteiger partial charge in [0.05, 0.1) is 19.8 Å². The van der Waals surface area contributed by atoms with Crippen molar-refractivity contribution in [1.82, 2.24) is 0 Å². The lowest BCUT2D eigenvalue weighted by atomic mass is 10.1. The van der Waals surface area contributed by atoms with Crippen molar-refractivity contribution >= 4 is 11.7 Å². The van der Waals surface area contributed by atoms with Crippen LogP contribution in [0.15, 0.2) is 24.3 Å². The summed E-state index contributed by atoms with van der Waals surface area (Å²) in [5, 5.41) is 12.0. The van der Waals surface area contributed by atoms with E-state index in [-0.39, 0.29) is 0 Å². The van der Waals surface area contributed by atoms with Crippen molar-refractivity contribution in [3.63, 3.8) is 0 Å². The maximum Gasteiger partial charge on any atom is 0.326 e. The van der Waals surface area contributed by atoms with Gasteiger partial charge in [-0.15, -0.1) is 0 Å². The minimum Gasteiger partial charge on any atom is -0.480 e. The first-order chi connectivity index (χ1) is 9.17. The normalized spacial score (nSPS) is 12.1. The molecule has 1 aromatic rings. The standard InChI is InChI=1S/C14H21NO4/c1-3-13(14(16)17)15-12-6-4-5-11(9-12)10-19-8-7-18-2/h4-6,9,13,15H,3,7-8,10H2,1-2H3,(H,16,17). The fraction of sp³-hybridized carbons (Fsp3) is 0.500. The van der Waals surface area contributed by atoms with Gasteiger partial charge in [0, 0.05) is 12.8 Å². The van der Waals surface area contributed by atoms with Crippen LogP contribution in [-0.2, 0) is 20.9 Å². The summed E-state index contributed by atoms with van der Waals surface area (Å²) in [6.07, 6.45) is 0.532. The van der Waals surface area contributed by atoms with Crippen LogP contribution in [-0.4, -0.2) is 37.4 Å². The van der Waals surface area contributed by atoms with E-state index in [0.717, 1.165) is 11.3 Å². The smallest absolute Gasteiger partial charge is 0.326 e. The van der Waals surface area contributed by atoms with Crippen molar-refractivity contribution in [2.75, 3.05) is 25.6 Å². The molecule has 0 heterocycles. The third kappa shape index (κ3) is 5.72. The fourth-order valence-corrected chi connectivity index (χ4v) is 1.62. The monoisotopic (exact) mass is 267 g/mol. The van der Waals surface area contributed by atoms with Gasteiger partial charge in [-0.1, -0.05) is 19.1 Å². The highest BCUT2D eigenvalue weighted by Gasteiger charge is 2.14. The largest absolute Gasteiger partial charge is 0.480 e. The lowest BCUT2D eigenvalue weighted by Gasteiger charge is -2.14. The molecule has 0 radical (unpaired) electrons. The van der Waals surface area contributed by atoms with Crippen LogP contribution in [0.2, 0.25) is 0 Å². The zero-order valence-electron chi connectivity index (χ0n) is 11.4. The first-order valence-corrected chi connectivity index (χ1v) is 6.32. The molecule has 1 unspecified atom stereocenters. The van der Waals surface area contributed by atoms with Gasteiger partial charge in [-0.05, 0) is 24.1 Å². The quantitative estimate of drug-likeness (QED) is 0.671. The molecular formula is C14H21NO4. The number of benzene rings is 1. The predicted molar refractivity (Wildman–Crippen MR) is 73.3 cm³/mol. The number of carbonyl (C=O) groups is 1. The van der Waals surface area contributed by atoms with Crippen LogP contribution < -0.4 is 5.32 Å². The van der Waals surface area contributed by atoms with Gasteiger partial charge in [0.15, 0.2) is 0 Å². The second-order valence-corrected chi connectivity index (χ2v) is 4.19. The summed E-state index contributed by atoms with van der Waals surface area (Å²) in [6.45, 7) is 3.43. The molecule has 106 valence electrons. The summed E-state index contributed by atoms with van der Waals surface area (Å²) < 4.78 is 10.3. The van der Waals surface area contributed by atoms with E-state index in [2.05, 4.69) is 5.32 Å². The highest BCUT2D eigenvalue weighted by molar-refractivity contribution is 5.77. The molecule has 2 N–H and O–H groups in total. The summed E-state index contributed by atoms with van der Waals surface area (Å²) >= 11 is 0. The molecule has 19 heavy (non-hydrogen) atoms. The first-order valence-electron chi connectivity index (χ1n) is 6.32. The number of nitrogens with one attached hydrogen (secondary N) is 1. The van der Waals surface area contributed by atoms with Crippen LogP contribution >= 0.6 is 0 Å². The average Bonchev–Trinajstić information content (AvgIpc) is 2.41. The van der Waals surface area contributed by atoms with Gasteiger partial charge in [-0.25, -0.2) is 4.79 Å². The molecule has 0 aliphatic heterocycles. The van der Waals surface area contributed by atoms with E-state index in [1.165, 1.54) is 0 Å². The number of carboxylic acid groups (broad SMARTS) is 1. The summed E-state index contributed by atoms with van der Waals surface area (Å²) in [5.41, 5.74) is 1.79. The van der Waals surface area contributed by atoms with Crippen LogP contribution in [0.25, 0.3) is 0 Å². The Labute approximate surface area is 113 Å². The van der Waals surface area contributed by atoms with E-state index >= 15 is 0 Å². The molecule has 0 bridgehead atoms. The van der Waals surface area contributed by atoms with E-state index in [4.69, 9.17) is 14.6 Å². The summed E-state index contributed by atoms with van der Waals surface area (Å²) in [7, 11) is 1.63. The second kappa shape index (κ2) is 8.50. The Balaban J connectivity index is 2.53. The van der Waals surface area contributed by atoms with Gasteiger partial charge in [-0.3, -0.25) is 0 Å². The second-order valence-electron chi connectivity index (χ2n) is 4.19. The number of carboxylic acids is 1. The molecule has 0 spiro atoms. The maximum absolute atomic E-state index is 11.0. The van der Waals surface area contributed by atoms with Crippen molar-refractivity contribution in [1.29, 1.82) is 0 Å². The van der Waals surface area contributed by atoms with E-state index in [9.17, 15) is 4.79 Å². The van der Waals surface area contributed by atoms with Crippen molar-refractivity contribution in [2.24, 2.45) is 0 Å². The minimum absolute atomic E-state index is 0.489. The fourth-order valence-electron chi connectivity index (χ4n) is 1.62. The zero-order valence-corrected chi connectivity index (χ0v) is 11.4. The van der Waals surface area contributed by atoms with Gasteiger partial charge < -0.3 is 19.9 Å². The molecule has 0 saturated heterocycles. The molecule has 0 aliphatic carbocycles. The van der Waals surface area contributed by atoms with Gasteiger partial charge in [0.25, 0.3) is 0 Å². The van der Waals surface area contributed by atoms with Gasteiger partial charge >= 0.3 is 5.97 Å². The maximum atomic E-state index is 11.0. The summed E-state index contributed by atoms with van der Waals surface area (Å²) in [6, 6.07) is 7.01. The van der Waals surface area contributed by atoms with E-state index < -0.39 is 12.0 Å². The zero-order chi connectivity index (χ0) is 14.1. The molecule has 0 saturated carbocycles. The van der Waals surface area contributed by atoms with Crippen LogP contribution in [0, 0.1) is 0 Å². The van der Waals surface area contributed by atoms with Gasteiger partial charge in [0.2, 0.25) is 0 Å². The Morgan fingerprint density at radius 2 is 2.21 bits per heavy atom. The topological polar surface area (TPSA) is 67.8 Å². The lowest BCUT2D eigenvalue weighted by molar-refractivity contribution is -0.137. The molecule has 5 heteroatoms. The SMILES string of the molecule is CCC(Nc1cccc(COCCOC)c1)C(=O)O. The Hall–Kier alpha value is -1.59. The molecule has 1 aromatic carbocycles. The molecule has 0 amide bonds. The lowest BCUT2D eigenvalue weighted by Crippen LogP contribution is -2.28. The van der Waals surface area contributed by atoms with Gasteiger partial charge in [0.1, 0.15) is 6.04 Å².